The highest BCUT2D eigenvalue weighted by Crippen LogP contribution is 1.95. The van der Waals surface area contributed by atoms with Crippen molar-refractivity contribution in [1.29, 1.82) is 0 Å². The van der Waals surface area contributed by atoms with E-state index in [2.05, 4.69) is 30.6 Å². The van der Waals surface area contributed by atoms with Crippen molar-refractivity contribution in [1.82, 2.24) is 9.80 Å². The average Bonchev–Trinajstić information content (AvgIpc) is 2.23. The Bertz CT molecular complexity index is 116. The lowest BCUT2D eigenvalue weighted by Crippen LogP contribution is -2.35. The fourth-order valence-electron chi connectivity index (χ4n) is 1.53. The fraction of sp³-hybridized carbons (Fsp3) is 1.00. The lowest BCUT2D eigenvalue weighted by atomic mass is 10.3. The van der Waals surface area contributed by atoms with Gasteiger partial charge in [-0.05, 0) is 32.6 Å². The molecule has 2 nitrogen and oxygen atoms in total. The number of hydrogen-bond donors (Lipinski definition) is 0. The predicted molar refractivity (Wildman–Crippen MR) is 65.2 cm³/mol. The molecule has 0 aliphatic rings. The van der Waals surface area contributed by atoms with Crippen LogP contribution in [0.5, 0.6) is 0 Å². The molecule has 0 fully saturated rings. The second-order valence-electron chi connectivity index (χ2n) is 3.50. The van der Waals surface area contributed by atoms with Crippen molar-refractivity contribution in [3.63, 3.8) is 0 Å². The second kappa shape index (κ2) is 9.75. The Morgan fingerprint density at radius 3 is 1.71 bits per heavy atom. The smallest absolute Gasteiger partial charge is 0.0235 e. The van der Waals surface area contributed by atoms with Gasteiger partial charge in [0.2, 0.25) is 0 Å². The Hall–Kier alpha value is 0.210. The van der Waals surface area contributed by atoms with Crippen LogP contribution in [0.15, 0.2) is 0 Å². The van der Waals surface area contributed by atoms with Gasteiger partial charge >= 0.3 is 0 Å². The van der Waals surface area contributed by atoms with Crippen molar-refractivity contribution in [3.8, 4) is 0 Å². The van der Waals surface area contributed by atoms with Gasteiger partial charge in [0.1, 0.15) is 0 Å². The van der Waals surface area contributed by atoms with E-state index in [1.165, 1.54) is 13.1 Å². The molecule has 0 N–H and O–H groups in total. The highest BCUT2D eigenvalue weighted by atomic mass is 35.5. The number of hydrogen-bond acceptors (Lipinski definition) is 2. The third kappa shape index (κ3) is 6.63. The molecule has 0 aliphatic heterocycles. The Morgan fingerprint density at radius 1 is 0.786 bits per heavy atom. The lowest BCUT2D eigenvalue weighted by molar-refractivity contribution is 0.221. The van der Waals surface area contributed by atoms with Gasteiger partial charge in [-0.15, -0.1) is 11.6 Å². The zero-order valence-electron chi connectivity index (χ0n) is 9.93. The normalized spacial score (nSPS) is 11.6. The maximum Gasteiger partial charge on any atom is 0.0235 e. The van der Waals surface area contributed by atoms with E-state index in [4.69, 9.17) is 11.6 Å². The van der Waals surface area contributed by atoms with Crippen molar-refractivity contribution in [2.45, 2.75) is 27.2 Å². The maximum absolute atomic E-state index is 5.68. The minimum absolute atomic E-state index is 0.780. The largest absolute Gasteiger partial charge is 0.303 e. The van der Waals surface area contributed by atoms with Crippen LogP contribution in [-0.2, 0) is 0 Å². The molecule has 0 bridgehead atoms. The maximum atomic E-state index is 5.68. The Morgan fingerprint density at radius 2 is 1.29 bits per heavy atom. The number of nitrogens with zero attached hydrogens (tertiary/aromatic N) is 2. The number of likely N-dealkylation sites (N-methyl/N-ethyl adjacent to an activating group) is 2. The minimum Gasteiger partial charge on any atom is -0.303 e. The molecule has 0 saturated carbocycles. The van der Waals surface area contributed by atoms with Crippen LogP contribution in [-0.4, -0.2) is 54.9 Å². The molecule has 0 unspecified atom stereocenters. The first kappa shape index (κ1) is 14.2. The number of halogens is 1. The van der Waals surface area contributed by atoms with Crippen LogP contribution >= 0.6 is 11.6 Å². The van der Waals surface area contributed by atoms with Gasteiger partial charge in [-0.2, -0.15) is 0 Å². The van der Waals surface area contributed by atoms with Gasteiger partial charge in [-0.1, -0.05) is 20.8 Å². The summed E-state index contributed by atoms with van der Waals surface area (Å²) in [6, 6.07) is 0. The monoisotopic (exact) mass is 220 g/mol. The second-order valence-corrected chi connectivity index (χ2v) is 3.88. The van der Waals surface area contributed by atoms with Crippen LogP contribution in [0.25, 0.3) is 0 Å². The van der Waals surface area contributed by atoms with Crippen molar-refractivity contribution in [3.05, 3.63) is 0 Å². The van der Waals surface area contributed by atoms with Gasteiger partial charge in [0.25, 0.3) is 0 Å². The fourth-order valence-corrected chi connectivity index (χ4v) is 1.65. The molecule has 0 saturated heterocycles. The summed E-state index contributed by atoms with van der Waals surface area (Å²) in [5, 5.41) is 0. The van der Waals surface area contributed by atoms with E-state index >= 15 is 0 Å². The first-order valence-corrected chi connectivity index (χ1v) is 6.32. The van der Waals surface area contributed by atoms with Crippen molar-refractivity contribution < 1.29 is 0 Å². The molecule has 0 aromatic heterocycles. The predicted octanol–water partition coefficient (Wildman–Crippen LogP) is 2.28. The third-order valence-electron chi connectivity index (χ3n) is 2.68. The van der Waals surface area contributed by atoms with Gasteiger partial charge in [-0.25, -0.2) is 0 Å². The number of alkyl halides is 1. The number of rotatable bonds is 9. The Balaban J connectivity index is 3.59. The quantitative estimate of drug-likeness (QED) is 0.551. The van der Waals surface area contributed by atoms with E-state index in [0.717, 1.165) is 38.5 Å². The summed E-state index contributed by atoms with van der Waals surface area (Å²) in [4.78, 5) is 4.93. The van der Waals surface area contributed by atoms with Crippen molar-refractivity contribution in [2.24, 2.45) is 0 Å². The van der Waals surface area contributed by atoms with E-state index in [-0.39, 0.29) is 0 Å². The minimum atomic E-state index is 0.780. The molecule has 0 spiro atoms. The molecule has 86 valence electrons. The summed E-state index contributed by atoms with van der Waals surface area (Å²) in [7, 11) is 0. The average molecular weight is 221 g/mol. The zero-order chi connectivity index (χ0) is 10.8. The summed E-state index contributed by atoms with van der Waals surface area (Å²) < 4.78 is 0. The van der Waals surface area contributed by atoms with Crippen LogP contribution in [0.2, 0.25) is 0 Å². The first-order valence-electron chi connectivity index (χ1n) is 5.79. The van der Waals surface area contributed by atoms with E-state index in [1.54, 1.807) is 0 Å². The van der Waals surface area contributed by atoms with E-state index < -0.39 is 0 Å². The van der Waals surface area contributed by atoms with Gasteiger partial charge in [0, 0.05) is 19.0 Å². The van der Waals surface area contributed by atoms with Crippen molar-refractivity contribution in [2.75, 3.05) is 45.1 Å². The van der Waals surface area contributed by atoms with Crippen LogP contribution in [0, 0.1) is 0 Å². The van der Waals surface area contributed by atoms with Crippen LogP contribution in [0.3, 0.4) is 0 Å². The standard InChI is InChI=1S/C11H25ClN2/c1-4-13(5-2)10-11-14(6-3)9-7-8-12/h4-11H2,1-3H3. The lowest BCUT2D eigenvalue weighted by Gasteiger charge is -2.24. The molecule has 0 amide bonds. The van der Waals surface area contributed by atoms with E-state index in [1.807, 2.05) is 0 Å². The van der Waals surface area contributed by atoms with Gasteiger partial charge < -0.3 is 9.80 Å². The van der Waals surface area contributed by atoms with Crippen LogP contribution in [0.4, 0.5) is 0 Å². The summed E-state index contributed by atoms with van der Waals surface area (Å²) in [6.07, 6.45) is 1.10. The molecular formula is C11H25ClN2. The van der Waals surface area contributed by atoms with Gasteiger partial charge in [0.15, 0.2) is 0 Å². The van der Waals surface area contributed by atoms with Gasteiger partial charge in [-0.3, -0.25) is 0 Å². The summed E-state index contributed by atoms with van der Waals surface area (Å²) >= 11 is 5.68. The van der Waals surface area contributed by atoms with Crippen molar-refractivity contribution >= 4 is 11.6 Å². The van der Waals surface area contributed by atoms with Crippen LogP contribution < -0.4 is 0 Å². The molecule has 0 aliphatic carbocycles. The van der Waals surface area contributed by atoms with Crippen LogP contribution in [0.1, 0.15) is 27.2 Å². The Kier molecular flexibility index (Phi) is 9.90. The molecule has 0 radical (unpaired) electrons. The molecule has 14 heavy (non-hydrogen) atoms. The molecular weight excluding hydrogens is 196 g/mol. The summed E-state index contributed by atoms with van der Waals surface area (Å²) in [5.41, 5.74) is 0. The SMILES string of the molecule is CCN(CC)CCN(CC)CCCCl. The molecule has 0 aromatic carbocycles. The Labute approximate surface area is 94.2 Å². The highest BCUT2D eigenvalue weighted by molar-refractivity contribution is 6.17. The molecule has 0 atom stereocenters. The van der Waals surface area contributed by atoms with Gasteiger partial charge in [0.05, 0.1) is 0 Å². The van der Waals surface area contributed by atoms with E-state index in [9.17, 15) is 0 Å². The third-order valence-corrected chi connectivity index (χ3v) is 2.95. The zero-order valence-corrected chi connectivity index (χ0v) is 10.7. The molecule has 0 aromatic rings. The summed E-state index contributed by atoms with van der Waals surface area (Å²) in [5.74, 6) is 0.780. The highest BCUT2D eigenvalue weighted by Gasteiger charge is 2.04. The molecule has 0 rings (SSSR count). The molecule has 3 heteroatoms. The van der Waals surface area contributed by atoms with E-state index in [0.29, 0.717) is 0 Å². The summed E-state index contributed by atoms with van der Waals surface area (Å²) in [6.45, 7) is 13.6. The molecule has 0 heterocycles. The first-order chi connectivity index (χ1) is 6.78. The topological polar surface area (TPSA) is 6.48 Å².